The number of sulfonamides is 1. The first kappa shape index (κ1) is 17.8. The minimum absolute atomic E-state index is 0.00914. The fourth-order valence-corrected chi connectivity index (χ4v) is 6.02. The van der Waals surface area contributed by atoms with E-state index in [4.69, 9.17) is 23.2 Å². The first-order valence-corrected chi connectivity index (χ1v) is 10.9. The Hall–Kier alpha value is 0.490. The van der Waals surface area contributed by atoms with Gasteiger partial charge in [-0.3, -0.25) is 0 Å². The van der Waals surface area contributed by atoms with Crippen molar-refractivity contribution >= 4 is 33.2 Å². The molecule has 1 aliphatic heterocycles. The van der Waals surface area contributed by atoms with Gasteiger partial charge in [0.2, 0.25) is 10.0 Å². The van der Waals surface area contributed by atoms with Crippen molar-refractivity contribution in [3.63, 3.8) is 0 Å². The van der Waals surface area contributed by atoms with Crippen LogP contribution in [0.2, 0.25) is 0 Å². The van der Waals surface area contributed by atoms with Gasteiger partial charge in [-0.25, -0.2) is 12.7 Å². The molecule has 0 spiro atoms. The Bertz CT molecular complexity index is 431. The van der Waals surface area contributed by atoms with Crippen molar-refractivity contribution in [1.29, 1.82) is 0 Å². The molecule has 1 saturated heterocycles. The third kappa shape index (κ3) is 4.27. The zero-order chi connectivity index (χ0) is 15.5. The second-order valence-electron chi connectivity index (χ2n) is 6.94. The van der Waals surface area contributed by atoms with Crippen LogP contribution in [0.1, 0.15) is 44.9 Å². The van der Waals surface area contributed by atoms with Crippen LogP contribution in [0.25, 0.3) is 0 Å². The highest BCUT2D eigenvalue weighted by Gasteiger charge is 2.41. The maximum absolute atomic E-state index is 11.8. The van der Waals surface area contributed by atoms with E-state index in [-0.39, 0.29) is 5.41 Å². The highest BCUT2D eigenvalue weighted by Crippen LogP contribution is 2.47. The zero-order valence-electron chi connectivity index (χ0n) is 12.9. The van der Waals surface area contributed by atoms with E-state index in [1.807, 2.05) is 0 Å². The molecule has 6 heteroatoms. The van der Waals surface area contributed by atoms with Crippen molar-refractivity contribution in [1.82, 2.24) is 4.31 Å². The summed E-state index contributed by atoms with van der Waals surface area (Å²) in [5.41, 5.74) is -0.00914. The lowest BCUT2D eigenvalue weighted by Crippen LogP contribution is -2.43. The predicted octanol–water partition coefficient (Wildman–Crippen LogP) is 3.70. The van der Waals surface area contributed by atoms with Gasteiger partial charge in [0.05, 0.1) is 6.26 Å². The predicted molar refractivity (Wildman–Crippen MR) is 89.6 cm³/mol. The molecule has 1 unspecified atom stereocenters. The molecule has 1 aliphatic carbocycles. The Balaban J connectivity index is 2.06. The van der Waals surface area contributed by atoms with Crippen LogP contribution >= 0.6 is 23.2 Å². The summed E-state index contributed by atoms with van der Waals surface area (Å²) in [5, 5.41) is 0. The summed E-state index contributed by atoms with van der Waals surface area (Å²) in [6, 6.07) is 0. The number of alkyl halides is 2. The lowest BCUT2D eigenvalue weighted by Gasteiger charge is -2.41. The van der Waals surface area contributed by atoms with E-state index >= 15 is 0 Å². The van der Waals surface area contributed by atoms with Crippen LogP contribution in [0.15, 0.2) is 0 Å². The summed E-state index contributed by atoms with van der Waals surface area (Å²) < 4.78 is 25.2. The van der Waals surface area contributed by atoms with E-state index in [1.165, 1.54) is 31.9 Å². The number of nitrogens with zero attached hydrogens (tertiary/aromatic N) is 1. The lowest BCUT2D eigenvalue weighted by atomic mass is 9.70. The maximum atomic E-state index is 11.8. The molecule has 2 fully saturated rings. The Labute approximate surface area is 139 Å². The van der Waals surface area contributed by atoms with E-state index in [2.05, 4.69) is 0 Å². The molecule has 1 saturated carbocycles. The smallest absolute Gasteiger partial charge is 0.211 e. The van der Waals surface area contributed by atoms with Crippen LogP contribution in [0, 0.1) is 17.3 Å². The topological polar surface area (TPSA) is 37.4 Å². The third-order valence-electron chi connectivity index (χ3n) is 5.40. The molecule has 0 aromatic carbocycles. The summed E-state index contributed by atoms with van der Waals surface area (Å²) >= 11 is 12.7. The van der Waals surface area contributed by atoms with Crippen molar-refractivity contribution in [2.75, 3.05) is 31.1 Å². The zero-order valence-corrected chi connectivity index (χ0v) is 15.2. The standard InChI is InChI=1S/C15H27Cl2NO2S/c1-21(19,20)18-8-4-5-13(10-18)9-15(11-16,12-17)14-6-2-3-7-14/h13-14H,2-12H2,1H3. The van der Waals surface area contributed by atoms with Gasteiger partial charge in [0.15, 0.2) is 0 Å². The highest BCUT2D eigenvalue weighted by molar-refractivity contribution is 7.88. The first-order chi connectivity index (χ1) is 9.91. The lowest BCUT2D eigenvalue weighted by molar-refractivity contribution is 0.139. The fourth-order valence-electron chi connectivity index (χ4n) is 4.14. The van der Waals surface area contributed by atoms with Gasteiger partial charge in [-0.1, -0.05) is 12.8 Å². The summed E-state index contributed by atoms with van der Waals surface area (Å²) in [6.45, 7) is 1.30. The van der Waals surface area contributed by atoms with E-state index in [0.29, 0.717) is 36.7 Å². The highest BCUT2D eigenvalue weighted by atomic mass is 35.5. The van der Waals surface area contributed by atoms with Crippen molar-refractivity contribution in [2.45, 2.75) is 44.9 Å². The number of hydrogen-bond donors (Lipinski definition) is 0. The third-order valence-corrected chi connectivity index (χ3v) is 7.73. The van der Waals surface area contributed by atoms with Crippen LogP contribution in [0.3, 0.4) is 0 Å². The molecule has 1 atom stereocenters. The molecular formula is C15H27Cl2NO2S. The molecule has 0 bridgehead atoms. The summed E-state index contributed by atoms with van der Waals surface area (Å²) in [7, 11) is -3.08. The van der Waals surface area contributed by atoms with Gasteiger partial charge in [0.1, 0.15) is 0 Å². The minimum Gasteiger partial charge on any atom is -0.213 e. The van der Waals surface area contributed by atoms with E-state index in [1.54, 1.807) is 4.31 Å². The van der Waals surface area contributed by atoms with E-state index in [9.17, 15) is 8.42 Å². The van der Waals surface area contributed by atoms with Crippen molar-refractivity contribution in [2.24, 2.45) is 17.3 Å². The van der Waals surface area contributed by atoms with Gasteiger partial charge in [-0.2, -0.15) is 0 Å². The van der Waals surface area contributed by atoms with Crippen LogP contribution in [0.5, 0.6) is 0 Å². The van der Waals surface area contributed by atoms with Crippen LogP contribution in [-0.2, 0) is 10.0 Å². The average molecular weight is 356 g/mol. The molecule has 3 nitrogen and oxygen atoms in total. The van der Waals surface area contributed by atoms with Gasteiger partial charge >= 0.3 is 0 Å². The first-order valence-electron chi connectivity index (χ1n) is 7.98. The minimum atomic E-state index is -3.08. The summed E-state index contributed by atoms with van der Waals surface area (Å²) in [4.78, 5) is 0. The molecule has 0 aromatic heterocycles. The Morgan fingerprint density at radius 3 is 2.24 bits per heavy atom. The monoisotopic (exact) mass is 355 g/mol. The van der Waals surface area contributed by atoms with Gasteiger partial charge in [-0.05, 0) is 43.9 Å². The maximum Gasteiger partial charge on any atom is 0.211 e. The van der Waals surface area contributed by atoms with Gasteiger partial charge in [0.25, 0.3) is 0 Å². The molecule has 21 heavy (non-hydrogen) atoms. The quantitative estimate of drug-likeness (QED) is 0.681. The Kier molecular flexibility index (Phi) is 6.26. The van der Waals surface area contributed by atoms with Crippen LogP contribution in [0.4, 0.5) is 0 Å². The molecule has 0 radical (unpaired) electrons. The van der Waals surface area contributed by atoms with Gasteiger partial charge in [0, 0.05) is 30.3 Å². The second-order valence-corrected chi connectivity index (χ2v) is 9.46. The molecule has 1 heterocycles. The number of halogens is 2. The molecule has 0 aromatic rings. The molecule has 2 aliphatic rings. The van der Waals surface area contributed by atoms with Crippen LogP contribution in [-0.4, -0.2) is 43.8 Å². The van der Waals surface area contributed by atoms with E-state index < -0.39 is 10.0 Å². The van der Waals surface area contributed by atoms with Gasteiger partial charge < -0.3 is 0 Å². The Morgan fingerprint density at radius 1 is 1.10 bits per heavy atom. The molecule has 2 rings (SSSR count). The summed E-state index contributed by atoms with van der Waals surface area (Å²) in [5.74, 6) is 2.19. The normalized spacial score (nSPS) is 26.3. The molecular weight excluding hydrogens is 329 g/mol. The largest absolute Gasteiger partial charge is 0.213 e. The number of hydrogen-bond acceptors (Lipinski definition) is 2. The average Bonchev–Trinajstić information content (AvgIpc) is 2.99. The van der Waals surface area contributed by atoms with Crippen molar-refractivity contribution in [3.05, 3.63) is 0 Å². The van der Waals surface area contributed by atoms with Crippen LogP contribution < -0.4 is 0 Å². The molecule has 124 valence electrons. The van der Waals surface area contributed by atoms with E-state index in [0.717, 1.165) is 19.3 Å². The SMILES string of the molecule is CS(=O)(=O)N1CCCC(CC(CCl)(CCl)C2CCCC2)C1. The number of rotatable bonds is 6. The summed E-state index contributed by atoms with van der Waals surface area (Å²) in [6.07, 6.45) is 9.32. The Morgan fingerprint density at radius 2 is 1.71 bits per heavy atom. The fraction of sp³-hybridized carbons (Fsp3) is 1.00. The molecule has 0 amide bonds. The molecule has 0 N–H and O–H groups in total. The van der Waals surface area contributed by atoms with Crippen molar-refractivity contribution < 1.29 is 8.42 Å². The number of piperidine rings is 1. The van der Waals surface area contributed by atoms with Crippen molar-refractivity contribution in [3.8, 4) is 0 Å². The van der Waals surface area contributed by atoms with Gasteiger partial charge in [-0.15, -0.1) is 23.2 Å². The second kappa shape index (κ2) is 7.37.